The zero-order chi connectivity index (χ0) is 13.9. The second-order valence-corrected chi connectivity index (χ2v) is 6.74. The zero-order valence-corrected chi connectivity index (χ0v) is 12.2. The van der Waals surface area contributed by atoms with E-state index in [4.69, 9.17) is 5.73 Å². The number of aromatic nitrogens is 2. The molecule has 1 heterocycles. The number of nitrogens with two attached hydrogens (primary N) is 1. The summed E-state index contributed by atoms with van der Waals surface area (Å²) in [6.45, 7) is 0. The smallest absolute Gasteiger partial charge is 0.0753 e. The number of anilines is 1. The van der Waals surface area contributed by atoms with Gasteiger partial charge < -0.3 is 5.73 Å². The molecule has 3 rings (SSSR count). The molecule has 4 nitrogen and oxygen atoms in total. The number of nitrogen functional groups attached to an aromatic ring is 1. The SMILES string of the molecule is Nc1cccc(S(=O)Cc2ccn(C3CCCC3)n2)c1. The molecule has 1 aromatic heterocycles. The lowest BCUT2D eigenvalue weighted by Gasteiger charge is -2.08. The third-order valence-electron chi connectivity index (χ3n) is 3.76. The fourth-order valence-corrected chi connectivity index (χ4v) is 3.79. The van der Waals surface area contributed by atoms with E-state index in [-0.39, 0.29) is 0 Å². The van der Waals surface area contributed by atoms with E-state index in [9.17, 15) is 4.21 Å². The van der Waals surface area contributed by atoms with Crippen LogP contribution in [-0.4, -0.2) is 14.0 Å². The van der Waals surface area contributed by atoms with Crippen LogP contribution >= 0.6 is 0 Å². The molecule has 1 atom stereocenters. The molecule has 2 N–H and O–H groups in total. The van der Waals surface area contributed by atoms with Crippen molar-refractivity contribution < 1.29 is 4.21 Å². The van der Waals surface area contributed by atoms with Crippen LogP contribution in [0.15, 0.2) is 41.4 Å². The van der Waals surface area contributed by atoms with Crippen molar-refractivity contribution in [3.8, 4) is 0 Å². The van der Waals surface area contributed by atoms with Crippen molar-refractivity contribution in [2.75, 3.05) is 5.73 Å². The summed E-state index contributed by atoms with van der Waals surface area (Å²) in [6, 6.07) is 9.76. The molecule has 0 bridgehead atoms. The number of nitrogens with zero attached hydrogens (tertiary/aromatic N) is 2. The first kappa shape index (κ1) is 13.4. The maximum Gasteiger partial charge on any atom is 0.0753 e. The van der Waals surface area contributed by atoms with Crippen molar-refractivity contribution in [3.05, 3.63) is 42.2 Å². The number of hydrogen-bond donors (Lipinski definition) is 1. The quantitative estimate of drug-likeness (QED) is 0.880. The molecule has 1 aliphatic rings. The second-order valence-electron chi connectivity index (χ2n) is 5.29. The van der Waals surface area contributed by atoms with Crippen LogP contribution in [0, 0.1) is 0 Å². The predicted octanol–water partition coefficient (Wildman–Crippen LogP) is 2.89. The van der Waals surface area contributed by atoms with Gasteiger partial charge in [-0.1, -0.05) is 18.9 Å². The third kappa shape index (κ3) is 2.93. The largest absolute Gasteiger partial charge is 0.399 e. The van der Waals surface area contributed by atoms with Gasteiger partial charge >= 0.3 is 0 Å². The topological polar surface area (TPSA) is 60.9 Å². The van der Waals surface area contributed by atoms with Crippen molar-refractivity contribution >= 4 is 16.5 Å². The van der Waals surface area contributed by atoms with Crippen LogP contribution in [0.4, 0.5) is 5.69 Å². The fourth-order valence-electron chi connectivity index (χ4n) is 2.70. The van der Waals surface area contributed by atoms with E-state index in [1.165, 1.54) is 25.7 Å². The molecule has 0 amide bonds. The van der Waals surface area contributed by atoms with Gasteiger partial charge in [-0.05, 0) is 37.1 Å². The Morgan fingerprint density at radius 1 is 1.30 bits per heavy atom. The van der Waals surface area contributed by atoms with Crippen LogP contribution in [0.25, 0.3) is 0 Å². The van der Waals surface area contributed by atoms with Gasteiger partial charge in [0.05, 0.1) is 28.3 Å². The van der Waals surface area contributed by atoms with Crippen LogP contribution in [0.5, 0.6) is 0 Å². The van der Waals surface area contributed by atoms with E-state index >= 15 is 0 Å². The molecule has 1 aromatic carbocycles. The van der Waals surface area contributed by atoms with Crippen molar-refractivity contribution in [1.29, 1.82) is 0 Å². The normalized spacial score (nSPS) is 17.4. The first-order chi connectivity index (χ1) is 9.72. The third-order valence-corrected chi connectivity index (χ3v) is 5.10. The van der Waals surface area contributed by atoms with E-state index in [0.29, 0.717) is 17.5 Å². The minimum atomic E-state index is -1.09. The average Bonchev–Trinajstić information content (AvgIpc) is 3.08. The Kier molecular flexibility index (Phi) is 3.87. The van der Waals surface area contributed by atoms with Gasteiger partial charge in [0.1, 0.15) is 0 Å². The number of rotatable bonds is 4. The highest BCUT2D eigenvalue weighted by atomic mass is 32.2. The number of hydrogen-bond acceptors (Lipinski definition) is 3. The highest BCUT2D eigenvalue weighted by molar-refractivity contribution is 7.84. The van der Waals surface area contributed by atoms with Gasteiger partial charge in [0.15, 0.2) is 0 Å². The standard InChI is InChI=1S/C15H19N3OS/c16-12-4-3-7-15(10-12)20(19)11-13-8-9-18(17-13)14-5-1-2-6-14/h3-4,7-10,14H,1-2,5-6,11,16H2. The summed E-state index contributed by atoms with van der Waals surface area (Å²) in [6.07, 6.45) is 7.00. The Labute approximate surface area is 121 Å². The summed E-state index contributed by atoms with van der Waals surface area (Å²) in [7, 11) is -1.09. The van der Waals surface area contributed by atoms with Crippen molar-refractivity contribution in [2.24, 2.45) is 0 Å². The fraction of sp³-hybridized carbons (Fsp3) is 0.400. The molecule has 1 unspecified atom stereocenters. The Balaban J connectivity index is 1.70. The maximum absolute atomic E-state index is 12.3. The van der Waals surface area contributed by atoms with Crippen LogP contribution in [0.1, 0.15) is 37.4 Å². The summed E-state index contributed by atoms with van der Waals surface area (Å²) in [5, 5.41) is 4.57. The van der Waals surface area contributed by atoms with Crippen molar-refractivity contribution in [2.45, 2.75) is 42.4 Å². The molecule has 1 aliphatic carbocycles. The van der Waals surface area contributed by atoms with Crippen LogP contribution in [0.2, 0.25) is 0 Å². The molecule has 0 spiro atoms. The van der Waals surface area contributed by atoms with Crippen LogP contribution in [-0.2, 0) is 16.6 Å². The van der Waals surface area contributed by atoms with E-state index in [1.54, 1.807) is 12.1 Å². The monoisotopic (exact) mass is 289 g/mol. The van der Waals surface area contributed by atoms with E-state index in [0.717, 1.165) is 10.6 Å². The Morgan fingerprint density at radius 3 is 2.85 bits per heavy atom. The van der Waals surface area contributed by atoms with Crippen LogP contribution < -0.4 is 5.73 Å². The lowest BCUT2D eigenvalue weighted by Crippen LogP contribution is -2.06. The first-order valence-electron chi connectivity index (χ1n) is 7.00. The van der Waals surface area contributed by atoms with Crippen molar-refractivity contribution in [1.82, 2.24) is 9.78 Å². The van der Waals surface area contributed by atoms with Gasteiger partial charge in [0, 0.05) is 16.8 Å². The average molecular weight is 289 g/mol. The van der Waals surface area contributed by atoms with Gasteiger partial charge in [-0.25, -0.2) is 0 Å². The Morgan fingerprint density at radius 2 is 2.10 bits per heavy atom. The van der Waals surface area contributed by atoms with Crippen molar-refractivity contribution in [3.63, 3.8) is 0 Å². The molecule has 0 radical (unpaired) electrons. The summed E-state index contributed by atoms with van der Waals surface area (Å²) in [4.78, 5) is 0.764. The van der Waals surface area contributed by atoms with Gasteiger partial charge in [-0.2, -0.15) is 5.10 Å². The first-order valence-corrected chi connectivity index (χ1v) is 8.32. The van der Waals surface area contributed by atoms with E-state index in [1.807, 2.05) is 29.1 Å². The molecule has 5 heteroatoms. The van der Waals surface area contributed by atoms with Gasteiger partial charge in [0.2, 0.25) is 0 Å². The molecule has 20 heavy (non-hydrogen) atoms. The Hall–Kier alpha value is -1.62. The lowest BCUT2D eigenvalue weighted by molar-refractivity contribution is 0.464. The van der Waals surface area contributed by atoms with E-state index < -0.39 is 10.8 Å². The summed E-state index contributed by atoms with van der Waals surface area (Å²) < 4.78 is 14.3. The molecule has 106 valence electrons. The summed E-state index contributed by atoms with van der Waals surface area (Å²) in [5.74, 6) is 0.448. The minimum absolute atomic E-state index is 0.448. The molecular formula is C15H19N3OS. The van der Waals surface area contributed by atoms with Gasteiger partial charge in [0.25, 0.3) is 0 Å². The van der Waals surface area contributed by atoms with E-state index in [2.05, 4.69) is 5.10 Å². The van der Waals surface area contributed by atoms with Crippen LogP contribution in [0.3, 0.4) is 0 Å². The minimum Gasteiger partial charge on any atom is -0.399 e. The van der Waals surface area contributed by atoms with Gasteiger partial charge in [-0.3, -0.25) is 8.89 Å². The zero-order valence-electron chi connectivity index (χ0n) is 11.4. The van der Waals surface area contributed by atoms with Gasteiger partial charge in [-0.15, -0.1) is 0 Å². The summed E-state index contributed by atoms with van der Waals surface area (Å²) >= 11 is 0. The molecular weight excluding hydrogens is 270 g/mol. The second kappa shape index (κ2) is 5.79. The molecule has 2 aromatic rings. The molecule has 1 fully saturated rings. The molecule has 1 saturated carbocycles. The predicted molar refractivity (Wildman–Crippen MR) is 80.7 cm³/mol. The maximum atomic E-state index is 12.3. The highest BCUT2D eigenvalue weighted by Crippen LogP contribution is 2.28. The number of benzene rings is 1. The summed E-state index contributed by atoms with van der Waals surface area (Å²) in [5.41, 5.74) is 7.25. The Bertz CT molecular complexity index is 617. The molecule has 0 saturated heterocycles. The lowest BCUT2D eigenvalue weighted by atomic mass is 10.3. The molecule has 0 aliphatic heterocycles. The highest BCUT2D eigenvalue weighted by Gasteiger charge is 2.18.